The lowest BCUT2D eigenvalue weighted by molar-refractivity contribution is -0.137. The Bertz CT molecular complexity index is 538. The number of nitrogens with zero attached hydrogens (tertiary/aromatic N) is 3. The van der Waals surface area contributed by atoms with Gasteiger partial charge in [-0.05, 0) is 24.3 Å². The van der Waals surface area contributed by atoms with E-state index in [-0.39, 0.29) is 0 Å². The predicted octanol–water partition coefficient (Wildman–Crippen LogP) is 3.17. The number of pyridine rings is 2. The van der Waals surface area contributed by atoms with Gasteiger partial charge in [-0.3, -0.25) is 4.98 Å². The number of rotatable bonds is 4. The quantitative estimate of drug-likeness (QED) is 0.862. The van der Waals surface area contributed by atoms with Crippen LogP contribution in [0.4, 0.5) is 19.0 Å². The average molecular weight is 281 g/mol. The van der Waals surface area contributed by atoms with Crippen molar-refractivity contribution in [3.05, 3.63) is 54.0 Å². The predicted molar refractivity (Wildman–Crippen MR) is 70.5 cm³/mol. The lowest BCUT2D eigenvalue weighted by Crippen LogP contribution is -2.22. The molecule has 2 rings (SSSR count). The number of hydrogen-bond acceptors (Lipinski definition) is 3. The number of halogens is 3. The molecule has 2 aromatic rings. The summed E-state index contributed by atoms with van der Waals surface area (Å²) in [6.45, 7) is 0.634. The largest absolute Gasteiger partial charge is 0.417 e. The summed E-state index contributed by atoms with van der Waals surface area (Å²) in [5, 5.41) is 0. The number of alkyl halides is 3. The van der Waals surface area contributed by atoms with Crippen LogP contribution in [0.5, 0.6) is 0 Å². The maximum Gasteiger partial charge on any atom is 0.417 e. The normalized spacial score (nSPS) is 11.4. The summed E-state index contributed by atoms with van der Waals surface area (Å²) in [7, 11) is 1.79. The molecule has 6 heteroatoms. The van der Waals surface area contributed by atoms with E-state index in [4.69, 9.17) is 0 Å². The average Bonchev–Trinajstić information content (AvgIpc) is 2.45. The van der Waals surface area contributed by atoms with E-state index in [1.165, 1.54) is 6.07 Å². The lowest BCUT2D eigenvalue weighted by Gasteiger charge is -2.18. The summed E-state index contributed by atoms with van der Waals surface area (Å²) >= 11 is 0. The van der Waals surface area contributed by atoms with Gasteiger partial charge in [-0.2, -0.15) is 13.2 Å². The van der Waals surface area contributed by atoms with Gasteiger partial charge in [0.25, 0.3) is 0 Å². The van der Waals surface area contributed by atoms with Crippen LogP contribution in [-0.2, 0) is 12.6 Å². The first-order chi connectivity index (χ1) is 9.47. The molecule has 20 heavy (non-hydrogen) atoms. The minimum Gasteiger partial charge on any atom is -0.359 e. The highest BCUT2D eigenvalue weighted by atomic mass is 19.4. The first kappa shape index (κ1) is 14.3. The molecule has 0 spiro atoms. The maximum absolute atomic E-state index is 12.4. The summed E-state index contributed by atoms with van der Waals surface area (Å²) in [4.78, 5) is 9.84. The molecule has 0 atom stereocenters. The molecule has 0 aliphatic carbocycles. The molecule has 0 unspecified atom stereocenters. The third kappa shape index (κ3) is 3.69. The van der Waals surface area contributed by atoms with Crippen LogP contribution in [0.3, 0.4) is 0 Å². The number of hydrogen-bond donors (Lipinski definition) is 0. The maximum atomic E-state index is 12.4. The van der Waals surface area contributed by atoms with Crippen molar-refractivity contribution in [3.8, 4) is 0 Å². The number of aromatic nitrogens is 2. The van der Waals surface area contributed by atoms with E-state index < -0.39 is 11.7 Å². The molecule has 0 aromatic carbocycles. The second kappa shape index (κ2) is 5.90. The van der Waals surface area contributed by atoms with Crippen molar-refractivity contribution in [1.82, 2.24) is 9.97 Å². The Morgan fingerprint density at radius 1 is 1.10 bits per heavy atom. The minimum absolute atomic E-state index is 0.508. The zero-order valence-electron chi connectivity index (χ0n) is 10.9. The van der Waals surface area contributed by atoms with E-state index in [0.717, 1.165) is 18.0 Å². The number of anilines is 1. The van der Waals surface area contributed by atoms with Gasteiger partial charge in [-0.15, -0.1) is 0 Å². The molecular formula is C14H14F3N3. The molecule has 3 nitrogen and oxygen atoms in total. The topological polar surface area (TPSA) is 29.0 Å². The Hall–Kier alpha value is -2.11. The molecule has 0 aliphatic heterocycles. The minimum atomic E-state index is -4.35. The van der Waals surface area contributed by atoms with E-state index in [1.807, 2.05) is 18.2 Å². The van der Waals surface area contributed by atoms with Gasteiger partial charge in [0, 0.05) is 38.1 Å². The van der Waals surface area contributed by atoms with Gasteiger partial charge in [0.15, 0.2) is 0 Å². The van der Waals surface area contributed by atoms with Gasteiger partial charge in [-0.25, -0.2) is 4.98 Å². The second-order valence-electron chi connectivity index (χ2n) is 4.40. The zero-order valence-corrected chi connectivity index (χ0v) is 10.9. The van der Waals surface area contributed by atoms with E-state index in [9.17, 15) is 13.2 Å². The van der Waals surface area contributed by atoms with Crippen molar-refractivity contribution < 1.29 is 13.2 Å². The van der Waals surface area contributed by atoms with Crippen molar-refractivity contribution in [1.29, 1.82) is 0 Å². The molecule has 0 saturated heterocycles. The van der Waals surface area contributed by atoms with Gasteiger partial charge in [0.05, 0.1) is 5.56 Å². The van der Waals surface area contributed by atoms with Gasteiger partial charge in [-0.1, -0.05) is 6.07 Å². The van der Waals surface area contributed by atoms with Crippen LogP contribution in [0.2, 0.25) is 0 Å². The summed E-state index contributed by atoms with van der Waals surface area (Å²) in [5.41, 5.74) is 0.200. The van der Waals surface area contributed by atoms with Crippen molar-refractivity contribution >= 4 is 5.82 Å². The van der Waals surface area contributed by atoms with Crippen molar-refractivity contribution in [3.63, 3.8) is 0 Å². The SMILES string of the molecule is CN(CCc1ccccn1)c1ccc(C(F)(F)F)cn1. The van der Waals surface area contributed by atoms with Gasteiger partial charge < -0.3 is 4.90 Å². The Morgan fingerprint density at radius 2 is 1.90 bits per heavy atom. The molecule has 0 radical (unpaired) electrons. The first-order valence-electron chi connectivity index (χ1n) is 6.11. The van der Waals surface area contributed by atoms with Crippen LogP contribution in [0.1, 0.15) is 11.3 Å². The molecule has 106 valence electrons. The fourth-order valence-electron chi connectivity index (χ4n) is 1.72. The fraction of sp³-hybridized carbons (Fsp3) is 0.286. The molecule has 0 amide bonds. The van der Waals surface area contributed by atoms with Crippen LogP contribution >= 0.6 is 0 Å². The van der Waals surface area contributed by atoms with E-state index in [2.05, 4.69) is 9.97 Å². The third-order valence-corrected chi connectivity index (χ3v) is 2.90. The molecular weight excluding hydrogens is 267 g/mol. The van der Waals surface area contributed by atoms with Gasteiger partial charge in [0.2, 0.25) is 0 Å². The lowest BCUT2D eigenvalue weighted by atomic mass is 10.2. The van der Waals surface area contributed by atoms with E-state index in [1.54, 1.807) is 18.1 Å². The van der Waals surface area contributed by atoms with Crippen LogP contribution in [-0.4, -0.2) is 23.6 Å². The summed E-state index contributed by atoms with van der Waals surface area (Å²) in [6.07, 6.45) is -1.07. The molecule has 0 bridgehead atoms. The summed E-state index contributed by atoms with van der Waals surface area (Å²) in [5.74, 6) is 0.508. The standard InChI is InChI=1S/C14H14F3N3/c1-20(9-7-12-4-2-3-8-18-12)13-6-5-11(10-19-13)14(15,16)17/h2-6,8,10H,7,9H2,1H3. The highest BCUT2D eigenvalue weighted by molar-refractivity contribution is 5.38. The Morgan fingerprint density at radius 3 is 2.45 bits per heavy atom. The monoisotopic (exact) mass is 281 g/mol. The highest BCUT2D eigenvalue weighted by Crippen LogP contribution is 2.29. The van der Waals surface area contributed by atoms with Gasteiger partial charge >= 0.3 is 6.18 Å². The fourth-order valence-corrected chi connectivity index (χ4v) is 1.72. The van der Waals surface area contributed by atoms with Crippen LogP contribution in [0, 0.1) is 0 Å². The highest BCUT2D eigenvalue weighted by Gasteiger charge is 2.30. The van der Waals surface area contributed by atoms with E-state index >= 15 is 0 Å². The first-order valence-corrected chi connectivity index (χ1v) is 6.11. The van der Waals surface area contributed by atoms with Crippen molar-refractivity contribution in [2.24, 2.45) is 0 Å². The molecule has 2 aromatic heterocycles. The van der Waals surface area contributed by atoms with Gasteiger partial charge in [0.1, 0.15) is 5.82 Å². The van der Waals surface area contributed by atoms with Crippen LogP contribution in [0.15, 0.2) is 42.7 Å². The Kier molecular flexibility index (Phi) is 4.22. The molecule has 0 fully saturated rings. The molecule has 0 N–H and O–H groups in total. The second-order valence-corrected chi connectivity index (χ2v) is 4.40. The Balaban J connectivity index is 1.97. The van der Waals surface area contributed by atoms with Crippen molar-refractivity contribution in [2.45, 2.75) is 12.6 Å². The zero-order chi connectivity index (χ0) is 14.6. The van der Waals surface area contributed by atoms with Crippen molar-refractivity contribution in [2.75, 3.05) is 18.5 Å². The van der Waals surface area contributed by atoms with E-state index in [0.29, 0.717) is 18.8 Å². The Labute approximate surface area is 115 Å². The number of likely N-dealkylation sites (N-methyl/N-ethyl adjacent to an activating group) is 1. The molecule has 0 saturated carbocycles. The smallest absolute Gasteiger partial charge is 0.359 e. The van der Waals surface area contributed by atoms with Crippen LogP contribution in [0.25, 0.3) is 0 Å². The summed E-state index contributed by atoms with van der Waals surface area (Å²) in [6, 6.07) is 8.07. The molecule has 2 heterocycles. The van der Waals surface area contributed by atoms with Crippen LogP contribution < -0.4 is 4.90 Å². The third-order valence-electron chi connectivity index (χ3n) is 2.90. The molecule has 0 aliphatic rings. The summed E-state index contributed by atoms with van der Waals surface area (Å²) < 4.78 is 37.3.